The summed E-state index contributed by atoms with van der Waals surface area (Å²) in [7, 11) is 0. The summed E-state index contributed by atoms with van der Waals surface area (Å²) >= 11 is 4.96. The number of aromatic nitrogens is 1. The van der Waals surface area contributed by atoms with Gasteiger partial charge in [-0.15, -0.1) is 11.3 Å². The zero-order chi connectivity index (χ0) is 19.7. The fraction of sp³-hybridized carbons (Fsp3) is 0.150. The third-order valence-corrected chi connectivity index (χ3v) is 5.59. The Hall–Kier alpha value is -2.71. The number of carbonyl (C=O) groups is 2. The van der Waals surface area contributed by atoms with Gasteiger partial charge in [0.05, 0.1) is 17.8 Å². The van der Waals surface area contributed by atoms with E-state index in [4.69, 9.17) is 4.74 Å². The van der Waals surface area contributed by atoms with E-state index in [1.807, 2.05) is 29.6 Å². The number of benzene rings is 2. The van der Waals surface area contributed by atoms with Crippen LogP contribution >= 0.6 is 27.3 Å². The number of halogens is 1. The second kappa shape index (κ2) is 7.73. The largest absolute Gasteiger partial charge is 0.479 e. The number of fused-ring (bicyclic) bond motifs is 1. The van der Waals surface area contributed by atoms with Crippen LogP contribution in [0.4, 0.5) is 11.4 Å². The Bertz CT molecular complexity index is 1070. The standard InChI is InChI=1S/C20H16BrN3O3S/c1-11-19(26)24-16-8-14(5-6-17(16)27-11)22-18(25)9-15-10-28-20(23-15)12-3-2-4-13(21)7-12/h2-8,10-11H,9H2,1H3,(H,22,25)(H,24,26)/t11-/m0/s1. The van der Waals surface area contributed by atoms with Gasteiger partial charge in [-0.3, -0.25) is 9.59 Å². The average molecular weight is 458 g/mol. The number of hydrogen-bond acceptors (Lipinski definition) is 5. The number of nitrogens with zero attached hydrogens (tertiary/aromatic N) is 1. The lowest BCUT2D eigenvalue weighted by molar-refractivity contribution is -0.122. The number of hydrogen-bond donors (Lipinski definition) is 2. The molecule has 2 amide bonds. The maximum Gasteiger partial charge on any atom is 0.265 e. The number of anilines is 2. The van der Waals surface area contributed by atoms with E-state index in [1.54, 1.807) is 25.1 Å². The van der Waals surface area contributed by atoms with Crippen LogP contribution in [0.15, 0.2) is 52.3 Å². The maximum atomic E-state index is 12.4. The predicted molar refractivity (Wildman–Crippen MR) is 113 cm³/mol. The predicted octanol–water partition coefficient (Wildman–Crippen LogP) is 4.47. The molecule has 0 bridgehead atoms. The molecule has 0 unspecified atom stereocenters. The van der Waals surface area contributed by atoms with Crippen LogP contribution in [0.5, 0.6) is 5.75 Å². The molecule has 2 aromatic carbocycles. The van der Waals surface area contributed by atoms with Crippen molar-refractivity contribution in [3.8, 4) is 16.3 Å². The van der Waals surface area contributed by atoms with E-state index in [1.165, 1.54) is 11.3 Å². The molecule has 3 aromatic rings. The number of nitrogens with one attached hydrogen (secondary N) is 2. The van der Waals surface area contributed by atoms with Gasteiger partial charge in [-0.2, -0.15) is 0 Å². The molecule has 4 rings (SSSR count). The van der Waals surface area contributed by atoms with Gasteiger partial charge < -0.3 is 15.4 Å². The Balaban J connectivity index is 1.43. The highest BCUT2D eigenvalue weighted by atomic mass is 79.9. The molecule has 28 heavy (non-hydrogen) atoms. The summed E-state index contributed by atoms with van der Waals surface area (Å²) in [5, 5.41) is 8.36. The zero-order valence-corrected chi connectivity index (χ0v) is 17.3. The van der Waals surface area contributed by atoms with Crippen molar-refractivity contribution in [3.63, 3.8) is 0 Å². The van der Waals surface area contributed by atoms with Crippen LogP contribution in [0.1, 0.15) is 12.6 Å². The van der Waals surface area contributed by atoms with Crippen molar-refractivity contribution in [1.82, 2.24) is 4.98 Å². The molecule has 142 valence electrons. The van der Waals surface area contributed by atoms with Crippen molar-refractivity contribution < 1.29 is 14.3 Å². The molecule has 2 heterocycles. The molecule has 0 aliphatic carbocycles. The Morgan fingerprint density at radius 3 is 3.00 bits per heavy atom. The number of rotatable bonds is 4. The summed E-state index contributed by atoms with van der Waals surface area (Å²) in [6.07, 6.45) is -0.362. The first-order chi connectivity index (χ1) is 13.5. The topological polar surface area (TPSA) is 80.3 Å². The molecule has 2 N–H and O–H groups in total. The van der Waals surface area contributed by atoms with Gasteiger partial charge in [-0.1, -0.05) is 28.1 Å². The molecule has 0 spiro atoms. The van der Waals surface area contributed by atoms with E-state index in [-0.39, 0.29) is 18.2 Å². The molecule has 1 aliphatic heterocycles. The second-order valence-electron chi connectivity index (χ2n) is 6.34. The van der Waals surface area contributed by atoms with Crippen molar-refractivity contribution >= 4 is 50.5 Å². The van der Waals surface area contributed by atoms with Gasteiger partial charge >= 0.3 is 0 Å². The van der Waals surface area contributed by atoms with E-state index < -0.39 is 6.10 Å². The number of amides is 2. The molecule has 0 radical (unpaired) electrons. The lowest BCUT2D eigenvalue weighted by atomic mass is 10.2. The molecular formula is C20H16BrN3O3S. The minimum absolute atomic E-state index is 0.168. The van der Waals surface area contributed by atoms with Gasteiger partial charge in [0, 0.05) is 21.1 Å². The molecule has 1 aliphatic rings. The third-order valence-electron chi connectivity index (χ3n) is 4.16. The highest BCUT2D eigenvalue weighted by Gasteiger charge is 2.23. The fourth-order valence-electron chi connectivity index (χ4n) is 2.80. The summed E-state index contributed by atoms with van der Waals surface area (Å²) < 4.78 is 6.50. The third kappa shape index (κ3) is 4.07. The number of carbonyl (C=O) groups excluding carboxylic acids is 2. The quantitative estimate of drug-likeness (QED) is 0.605. The number of thiazole rings is 1. The highest BCUT2D eigenvalue weighted by molar-refractivity contribution is 9.10. The monoisotopic (exact) mass is 457 g/mol. The molecule has 0 saturated carbocycles. The molecule has 0 fully saturated rings. The molecule has 1 aromatic heterocycles. The van der Waals surface area contributed by atoms with Gasteiger partial charge in [0.25, 0.3) is 5.91 Å². The molecule has 8 heteroatoms. The Morgan fingerprint density at radius 2 is 2.18 bits per heavy atom. The van der Waals surface area contributed by atoms with E-state index in [0.29, 0.717) is 22.8 Å². The van der Waals surface area contributed by atoms with Crippen LogP contribution in [-0.2, 0) is 16.0 Å². The summed E-state index contributed by atoms with van der Waals surface area (Å²) in [6, 6.07) is 13.0. The molecular weight excluding hydrogens is 442 g/mol. The Labute approximate surface area is 174 Å². The first-order valence-corrected chi connectivity index (χ1v) is 10.3. The average Bonchev–Trinajstić information content (AvgIpc) is 3.11. The van der Waals surface area contributed by atoms with Crippen molar-refractivity contribution in [2.75, 3.05) is 10.6 Å². The molecule has 6 nitrogen and oxygen atoms in total. The van der Waals surface area contributed by atoms with Crippen molar-refractivity contribution in [1.29, 1.82) is 0 Å². The van der Waals surface area contributed by atoms with Gasteiger partial charge in [0.1, 0.15) is 10.8 Å². The maximum absolute atomic E-state index is 12.4. The Morgan fingerprint density at radius 1 is 1.32 bits per heavy atom. The zero-order valence-electron chi connectivity index (χ0n) is 14.9. The minimum Gasteiger partial charge on any atom is -0.479 e. The van der Waals surface area contributed by atoms with Crippen LogP contribution in [0.25, 0.3) is 10.6 Å². The van der Waals surface area contributed by atoms with Gasteiger partial charge in [-0.05, 0) is 37.3 Å². The lowest BCUT2D eigenvalue weighted by Gasteiger charge is -2.23. The normalized spacial score (nSPS) is 15.4. The van der Waals surface area contributed by atoms with Crippen LogP contribution in [-0.4, -0.2) is 22.9 Å². The summed E-state index contributed by atoms with van der Waals surface area (Å²) in [6.45, 7) is 1.68. The van der Waals surface area contributed by atoms with E-state index >= 15 is 0 Å². The second-order valence-corrected chi connectivity index (χ2v) is 8.11. The fourth-order valence-corrected chi connectivity index (χ4v) is 4.01. The van der Waals surface area contributed by atoms with Crippen molar-refractivity contribution in [3.05, 3.63) is 58.0 Å². The lowest BCUT2D eigenvalue weighted by Crippen LogP contribution is -2.34. The summed E-state index contributed by atoms with van der Waals surface area (Å²) in [4.78, 5) is 28.7. The SMILES string of the molecule is C[C@@H]1Oc2ccc(NC(=O)Cc3csc(-c4cccc(Br)c4)n3)cc2NC1=O. The van der Waals surface area contributed by atoms with Gasteiger partial charge in [0.15, 0.2) is 6.10 Å². The van der Waals surface area contributed by atoms with E-state index in [0.717, 1.165) is 15.0 Å². The van der Waals surface area contributed by atoms with Crippen molar-refractivity contribution in [2.24, 2.45) is 0 Å². The highest BCUT2D eigenvalue weighted by Crippen LogP contribution is 2.32. The van der Waals surface area contributed by atoms with Crippen molar-refractivity contribution in [2.45, 2.75) is 19.4 Å². The molecule has 1 atom stereocenters. The van der Waals surface area contributed by atoms with Crippen LogP contribution in [0.2, 0.25) is 0 Å². The Kier molecular flexibility index (Phi) is 5.15. The van der Waals surface area contributed by atoms with Crippen LogP contribution in [0, 0.1) is 0 Å². The molecule has 0 saturated heterocycles. The van der Waals surface area contributed by atoms with E-state index in [9.17, 15) is 9.59 Å². The van der Waals surface area contributed by atoms with Crippen LogP contribution in [0.3, 0.4) is 0 Å². The van der Waals surface area contributed by atoms with Crippen LogP contribution < -0.4 is 15.4 Å². The minimum atomic E-state index is -0.531. The van der Waals surface area contributed by atoms with Gasteiger partial charge in [0.2, 0.25) is 5.91 Å². The summed E-state index contributed by atoms with van der Waals surface area (Å²) in [5.41, 5.74) is 2.85. The summed E-state index contributed by atoms with van der Waals surface area (Å²) in [5.74, 6) is 0.198. The smallest absolute Gasteiger partial charge is 0.265 e. The first kappa shape index (κ1) is 18.6. The van der Waals surface area contributed by atoms with Gasteiger partial charge in [-0.25, -0.2) is 4.98 Å². The van der Waals surface area contributed by atoms with E-state index in [2.05, 4.69) is 31.5 Å². The number of ether oxygens (including phenoxy) is 1. The first-order valence-electron chi connectivity index (χ1n) is 8.60.